The molecular weight excluding hydrogens is 470 g/mol. The lowest BCUT2D eigenvalue weighted by Gasteiger charge is -2.23. The molecule has 0 aliphatic carbocycles. The van der Waals surface area contributed by atoms with E-state index in [0.717, 1.165) is 16.2 Å². The molecule has 0 spiro atoms. The topological polar surface area (TPSA) is 91.8 Å². The van der Waals surface area contributed by atoms with Crippen LogP contribution in [0.3, 0.4) is 0 Å². The minimum Gasteiger partial charge on any atom is -0.480 e. The summed E-state index contributed by atoms with van der Waals surface area (Å²) in [7, 11) is 0. The first-order valence-corrected chi connectivity index (χ1v) is 11.1. The van der Waals surface area contributed by atoms with Crippen molar-refractivity contribution >= 4 is 50.5 Å². The van der Waals surface area contributed by atoms with Gasteiger partial charge in [-0.3, -0.25) is 14.4 Å². The highest BCUT2D eigenvalue weighted by Crippen LogP contribution is 2.27. The van der Waals surface area contributed by atoms with E-state index >= 15 is 0 Å². The highest BCUT2D eigenvalue weighted by atomic mass is 79.9. The number of carboxylic acid groups (broad SMARTS) is 1. The number of likely N-dealkylation sites (tertiary alicyclic amines) is 1. The van der Waals surface area contributed by atoms with Gasteiger partial charge in [-0.2, -0.15) is 0 Å². The number of amides is 1. The van der Waals surface area contributed by atoms with Crippen LogP contribution >= 0.6 is 27.7 Å². The van der Waals surface area contributed by atoms with Gasteiger partial charge >= 0.3 is 5.97 Å². The number of carbonyl (C=O) groups is 4. The van der Waals surface area contributed by atoms with Gasteiger partial charge in [0.05, 0.1) is 5.25 Å². The molecule has 156 valence electrons. The molecule has 0 radical (unpaired) electrons. The van der Waals surface area contributed by atoms with Crippen molar-refractivity contribution in [1.82, 2.24) is 4.90 Å². The largest absolute Gasteiger partial charge is 0.480 e. The molecule has 8 heteroatoms. The van der Waals surface area contributed by atoms with E-state index in [1.54, 1.807) is 54.6 Å². The van der Waals surface area contributed by atoms with Gasteiger partial charge < -0.3 is 10.0 Å². The van der Waals surface area contributed by atoms with Gasteiger partial charge in [0, 0.05) is 28.6 Å². The quantitative estimate of drug-likeness (QED) is 0.590. The number of ketones is 1. The Morgan fingerprint density at radius 3 is 2.33 bits per heavy atom. The van der Waals surface area contributed by atoms with Crippen LogP contribution in [0.1, 0.15) is 40.0 Å². The normalized spacial score (nSPS) is 16.8. The fourth-order valence-corrected chi connectivity index (χ4v) is 4.62. The molecule has 1 aliphatic heterocycles. The molecule has 1 amide bonds. The van der Waals surface area contributed by atoms with E-state index in [9.17, 15) is 24.3 Å². The molecule has 3 rings (SSSR count). The molecule has 2 atom stereocenters. The van der Waals surface area contributed by atoms with Crippen LogP contribution in [0.4, 0.5) is 0 Å². The number of hydrogen-bond donors (Lipinski definition) is 1. The zero-order chi connectivity index (χ0) is 21.7. The first kappa shape index (κ1) is 22.2. The smallest absolute Gasteiger partial charge is 0.326 e. The van der Waals surface area contributed by atoms with Crippen molar-refractivity contribution in [3.8, 4) is 0 Å². The first-order chi connectivity index (χ1) is 14.4. The summed E-state index contributed by atoms with van der Waals surface area (Å²) in [6.45, 7) is 0.340. The molecule has 0 saturated carbocycles. The Morgan fingerprint density at radius 2 is 1.70 bits per heavy atom. The number of Topliss-reactive ketones (excluding diaryl/α,β-unsaturated/α-hetero) is 1. The van der Waals surface area contributed by atoms with E-state index in [1.807, 2.05) is 0 Å². The number of carbonyl (C=O) groups excluding carboxylic acids is 3. The van der Waals surface area contributed by atoms with Gasteiger partial charge in [0.15, 0.2) is 5.78 Å². The van der Waals surface area contributed by atoms with E-state index < -0.39 is 23.2 Å². The van der Waals surface area contributed by atoms with Gasteiger partial charge in [-0.1, -0.05) is 70.2 Å². The molecule has 1 saturated heterocycles. The second-order valence-electron chi connectivity index (χ2n) is 6.92. The van der Waals surface area contributed by atoms with Crippen LogP contribution in [-0.2, 0) is 9.59 Å². The average molecular weight is 490 g/mol. The molecule has 6 nitrogen and oxygen atoms in total. The standard InChI is InChI=1S/C22H20BrNO5S/c23-16-10-8-14(9-11-16)20(26)18(30-22(29)15-5-2-1-3-6-15)13-19(25)24-12-4-7-17(24)21(27)28/h1-3,5-6,8-11,17-18H,4,7,12-13H2,(H,27,28)/t17-,18?/m0/s1. The monoisotopic (exact) mass is 489 g/mol. The van der Waals surface area contributed by atoms with Crippen LogP contribution in [0.15, 0.2) is 59.1 Å². The number of aliphatic carboxylic acids is 1. The summed E-state index contributed by atoms with van der Waals surface area (Å²) in [4.78, 5) is 51.4. The van der Waals surface area contributed by atoms with Gasteiger partial charge in [0.2, 0.25) is 11.0 Å². The van der Waals surface area contributed by atoms with E-state index in [-0.39, 0.29) is 17.3 Å². The number of halogens is 1. The fourth-order valence-electron chi connectivity index (χ4n) is 3.36. The van der Waals surface area contributed by atoms with E-state index in [0.29, 0.717) is 30.5 Å². The Balaban J connectivity index is 1.82. The van der Waals surface area contributed by atoms with E-state index in [2.05, 4.69) is 15.9 Å². The third kappa shape index (κ3) is 5.37. The third-order valence-electron chi connectivity index (χ3n) is 4.90. The van der Waals surface area contributed by atoms with Crippen molar-refractivity contribution in [3.05, 3.63) is 70.2 Å². The van der Waals surface area contributed by atoms with Crippen molar-refractivity contribution in [3.63, 3.8) is 0 Å². The van der Waals surface area contributed by atoms with Crippen LogP contribution in [0.5, 0.6) is 0 Å². The highest BCUT2D eigenvalue weighted by Gasteiger charge is 2.36. The highest BCUT2D eigenvalue weighted by molar-refractivity contribution is 9.10. The van der Waals surface area contributed by atoms with Crippen LogP contribution in [-0.4, -0.2) is 50.6 Å². The predicted molar refractivity (Wildman–Crippen MR) is 118 cm³/mol. The molecule has 2 aromatic carbocycles. The summed E-state index contributed by atoms with van der Waals surface area (Å²) in [6.07, 6.45) is 0.758. The van der Waals surface area contributed by atoms with Gasteiger partial charge in [-0.05, 0) is 25.0 Å². The minimum absolute atomic E-state index is 0.234. The predicted octanol–water partition coefficient (Wildman–Crippen LogP) is 4.04. The summed E-state index contributed by atoms with van der Waals surface area (Å²) in [5, 5.41) is 8.10. The molecule has 1 heterocycles. The first-order valence-electron chi connectivity index (χ1n) is 9.45. The Labute approximate surface area is 186 Å². The van der Waals surface area contributed by atoms with Crippen LogP contribution in [0, 0.1) is 0 Å². The number of thioether (sulfide) groups is 1. The summed E-state index contributed by atoms with van der Waals surface area (Å²) in [6, 6.07) is 14.4. The maximum atomic E-state index is 13.1. The summed E-state index contributed by atoms with van der Waals surface area (Å²) in [5.74, 6) is -1.82. The van der Waals surface area contributed by atoms with Crippen LogP contribution < -0.4 is 0 Å². The Bertz CT molecular complexity index is 948. The maximum absolute atomic E-state index is 13.1. The molecule has 1 aliphatic rings. The zero-order valence-electron chi connectivity index (χ0n) is 16.0. The molecule has 30 heavy (non-hydrogen) atoms. The Kier molecular flexibility index (Phi) is 7.44. The van der Waals surface area contributed by atoms with E-state index in [4.69, 9.17) is 0 Å². The molecule has 1 N–H and O–H groups in total. The molecular formula is C22H20BrNO5S. The molecule has 0 aromatic heterocycles. The Morgan fingerprint density at radius 1 is 1.03 bits per heavy atom. The Hall–Kier alpha value is -2.45. The van der Waals surface area contributed by atoms with Crippen molar-refractivity contribution in [2.45, 2.75) is 30.6 Å². The van der Waals surface area contributed by atoms with Gasteiger partial charge in [-0.15, -0.1) is 0 Å². The number of nitrogens with zero attached hydrogens (tertiary/aromatic N) is 1. The minimum atomic E-state index is -1.05. The van der Waals surface area contributed by atoms with Crippen molar-refractivity contribution in [2.24, 2.45) is 0 Å². The van der Waals surface area contributed by atoms with Crippen LogP contribution in [0.2, 0.25) is 0 Å². The molecule has 1 fully saturated rings. The number of hydrogen-bond acceptors (Lipinski definition) is 5. The summed E-state index contributed by atoms with van der Waals surface area (Å²) >= 11 is 4.13. The number of rotatable bonds is 7. The zero-order valence-corrected chi connectivity index (χ0v) is 18.4. The van der Waals surface area contributed by atoms with Gasteiger partial charge in [0.1, 0.15) is 6.04 Å². The summed E-state index contributed by atoms with van der Waals surface area (Å²) in [5.41, 5.74) is 0.828. The van der Waals surface area contributed by atoms with Crippen LogP contribution in [0.25, 0.3) is 0 Å². The number of carboxylic acids is 1. The lowest BCUT2D eigenvalue weighted by molar-refractivity contribution is -0.148. The SMILES string of the molecule is O=C(SC(CC(=O)N1CCC[C@H]1C(=O)O)C(=O)c1ccc(Br)cc1)c1ccccc1. The lowest BCUT2D eigenvalue weighted by Crippen LogP contribution is -2.42. The summed E-state index contributed by atoms with van der Waals surface area (Å²) < 4.78 is 0.807. The molecule has 1 unspecified atom stereocenters. The van der Waals surface area contributed by atoms with Crippen molar-refractivity contribution < 1.29 is 24.3 Å². The lowest BCUT2D eigenvalue weighted by atomic mass is 10.1. The maximum Gasteiger partial charge on any atom is 0.326 e. The molecule has 2 aromatic rings. The fraction of sp³-hybridized carbons (Fsp3) is 0.273. The average Bonchev–Trinajstić information content (AvgIpc) is 3.24. The van der Waals surface area contributed by atoms with Gasteiger partial charge in [-0.25, -0.2) is 4.79 Å². The number of benzene rings is 2. The van der Waals surface area contributed by atoms with Crippen molar-refractivity contribution in [1.29, 1.82) is 0 Å². The second kappa shape index (κ2) is 10.0. The van der Waals surface area contributed by atoms with Gasteiger partial charge in [0.25, 0.3) is 0 Å². The second-order valence-corrected chi connectivity index (χ2v) is 9.01. The van der Waals surface area contributed by atoms with Crippen molar-refractivity contribution in [2.75, 3.05) is 6.54 Å². The molecule has 0 bridgehead atoms. The van der Waals surface area contributed by atoms with E-state index in [1.165, 1.54) is 4.90 Å². The third-order valence-corrected chi connectivity index (χ3v) is 6.54.